The summed E-state index contributed by atoms with van der Waals surface area (Å²) >= 11 is 0. The molecule has 0 aliphatic heterocycles. The van der Waals surface area contributed by atoms with E-state index in [2.05, 4.69) is 15.5 Å². The smallest absolute Gasteiger partial charge is 0.270 e. The van der Waals surface area contributed by atoms with Crippen molar-refractivity contribution in [1.29, 1.82) is 0 Å². The number of halogens is 1. The fourth-order valence-corrected chi connectivity index (χ4v) is 2.86. The second-order valence-electron chi connectivity index (χ2n) is 5.40. The summed E-state index contributed by atoms with van der Waals surface area (Å²) in [5.41, 5.74) is 0.572. The first-order chi connectivity index (χ1) is 9.75. The molecular weight excluding hydrogens is 257 g/mol. The van der Waals surface area contributed by atoms with Crippen molar-refractivity contribution in [1.82, 2.24) is 15.5 Å². The first-order valence-corrected chi connectivity index (χ1v) is 7.19. The molecule has 1 aromatic heterocycles. The minimum absolute atomic E-state index is 0.190. The lowest BCUT2D eigenvalue weighted by atomic mass is 10.1. The van der Waals surface area contributed by atoms with Gasteiger partial charge >= 0.3 is 0 Å². The molecule has 1 aliphatic rings. The standard InChI is InChI=1S/C15H18FN3O/c16-12-9-5-8-11-13(12)18-19-14(11)15(20)17-10-6-3-1-2-4-7-10/h5,8-10H,1-4,6-7H2,(H,17,20)(H,18,19). The van der Waals surface area contributed by atoms with Crippen LogP contribution < -0.4 is 5.32 Å². The minimum Gasteiger partial charge on any atom is -0.348 e. The number of benzene rings is 1. The molecule has 1 amide bonds. The van der Waals surface area contributed by atoms with Crippen LogP contribution in [0.2, 0.25) is 0 Å². The van der Waals surface area contributed by atoms with E-state index in [9.17, 15) is 9.18 Å². The number of H-pyrrole nitrogens is 1. The molecule has 2 aromatic rings. The number of carbonyl (C=O) groups is 1. The van der Waals surface area contributed by atoms with E-state index in [0.717, 1.165) is 25.7 Å². The van der Waals surface area contributed by atoms with E-state index in [1.165, 1.54) is 18.9 Å². The molecule has 0 radical (unpaired) electrons. The van der Waals surface area contributed by atoms with Gasteiger partial charge in [0.1, 0.15) is 11.2 Å². The third kappa shape index (κ3) is 2.53. The van der Waals surface area contributed by atoms with Gasteiger partial charge in [-0.2, -0.15) is 5.10 Å². The first-order valence-electron chi connectivity index (χ1n) is 7.19. The zero-order chi connectivity index (χ0) is 13.9. The summed E-state index contributed by atoms with van der Waals surface area (Å²) in [4.78, 5) is 12.3. The van der Waals surface area contributed by atoms with Crippen LogP contribution in [0.1, 0.15) is 49.0 Å². The Morgan fingerprint density at radius 2 is 2.00 bits per heavy atom. The van der Waals surface area contributed by atoms with Crippen LogP contribution in [0, 0.1) is 5.82 Å². The van der Waals surface area contributed by atoms with Gasteiger partial charge < -0.3 is 5.32 Å². The molecular formula is C15H18FN3O. The number of fused-ring (bicyclic) bond motifs is 1. The van der Waals surface area contributed by atoms with Crippen LogP contribution in [0.5, 0.6) is 0 Å². The topological polar surface area (TPSA) is 57.8 Å². The van der Waals surface area contributed by atoms with E-state index in [1.807, 2.05) is 0 Å². The van der Waals surface area contributed by atoms with E-state index in [-0.39, 0.29) is 17.5 Å². The third-order valence-electron chi connectivity index (χ3n) is 3.95. The van der Waals surface area contributed by atoms with Crippen molar-refractivity contribution in [2.75, 3.05) is 0 Å². The first kappa shape index (κ1) is 13.1. The van der Waals surface area contributed by atoms with Gasteiger partial charge in [-0.25, -0.2) is 4.39 Å². The SMILES string of the molecule is O=C(NC1CCCCCC1)c1[nH]nc2c(F)cccc12. The summed E-state index contributed by atoms with van der Waals surface area (Å²) in [5.74, 6) is -0.600. The largest absolute Gasteiger partial charge is 0.348 e. The van der Waals surface area contributed by atoms with Gasteiger partial charge in [0.05, 0.1) is 0 Å². The number of aromatic nitrogens is 2. The fraction of sp³-hybridized carbons (Fsp3) is 0.467. The number of para-hydroxylation sites is 1. The maximum Gasteiger partial charge on any atom is 0.270 e. The normalized spacial score (nSPS) is 17.1. The molecule has 1 heterocycles. The zero-order valence-electron chi connectivity index (χ0n) is 11.3. The van der Waals surface area contributed by atoms with Crippen molar-refractivity contribution in [3.63, 3.8) is 0 Å². The summed E-state index contributed by atoms with van der Waals surface area (Å²) < 4.78 is 13.6. The van der Waals surface area contributed by atoms with Gasteiger partial charge in [-0.3, -0.25) is 9.89 Å². The quantitative estimate of drug-likeness (QED) is 0.827. The monoisotopic (exact) mass is 275 g/mol. The van der Waals surface area contributed by atoms with Gasteiger partial charge in [-0.1, -0.05) is 37.8 Å². The number of hydrogen-bond acceptors (Lipinski definition) is 2. The number of hydrogen-bond donors (Lipinski definition) is 2. The Labute approximate surface area is 116 Å². The molecule has 0 bridgehead atoms. The molecule has 5 heteroatoms. The Morgan fingerprint density at radius 3 is 2.75 bits per heavy atom. The van der Waals surface area contributed by atoms with E-state index in [4.69, 9.17) is 0 Å². The van der Waals surface area contributed by atoms with Crippen LogP contribution in [-0.4, -0.2) is 22.1 Å². The van der Waals surface area contributed by atoms with Crippen molar-refractivity contribution in [2.45, 2.75) is 44.6 Å². The number of nitrogens with zero attached hydrogens (tertiary/aromatic N) is 1. The third-order valence-corrected chi connectivity index (χ3v) is 3.95. The van der Waals surface area contributed by atoms with Crippen molar-refractivity contribution in [3.05, 3.63) is 29.7 Å². The molecule has 2 N–H and O–H groups in total. The maximum absolute atomic E-state index is 13.6. The molecule has 1 saturated carbocycles. The Balaban J connectivity index is 1.80. The molecule has 0 saturated heterocycles. The molecule has 0 unspecified atom stereocenters. The number of rotatable bonds is 2. The Kier molecular flexibility index (Phi) is 3.67. The summed E-state index contributed by atoms with van der Waals surface area (Å²) in [5, 5.41) is 10.1. The van der Waals surface area contributed by atoms with Crippen LogP contribution in [0.3, 0.4) is 0 Å². The number of nitrogens with one attached hydrogen (secondary N) is 2. The lowest BCUT2D eigenvalue weighted by Gasteiger charge is -2.15. The van der Waals surface area contributed by atoms with Gasteiger partial charge in [0.2, 0.25) is 0 Å². The molecule has 3 rings (SSSR count). The van der Waals surface area contributed by atoms with Gasteiger partial charge in [-0.05, 0) is 18.9 Å². The Morgan fingerprint density at radius 1 is 1.25 bits per heavy atom. The van der Waals surface area contributed by atoms with Gasteiger partial charge in [0.15, 0.2) is 5.82 Å². The highest BCUT2D eigenvalue weighted by atomic mass is 19.1. The highest BCUT2D eigenvalue weighted by molar-refractivity contribution is 6.04. The van der Waals surface area contributed by atoms with Crippen molar-refractivity contribution in [2.24, 2.45) is 0 Å². The van der Waals surface area contributed by atoms with Crippen molar-refractivity contribution < 1.29 is 9.18 Å². The zero-order valence-corrected chi connectivity index (χ0v) is 11.3. The molecule has 0 spiro atoms. The number of carbonyl (C=O) groups excluding carboxylic acids is 1. The van der Waals surface area contributed by atoms with Crippen LogP contribution in [0.4, 0.5) is 4.39 Å². The van der Waals surface area contributed by atoms with Gasteiger partial charge in [0.25, 0.3) is 5.91 Å². The molecule has 20 heavy (non-hydrogen) atoms. The van der Waals surface area contributed by atoms with E-state index < -0.39 is 5.82 Å². The summed E-state index contributed by atoms with van der Waals surface area (Å²) in [7, 11) is 0. The fourth-order valence-electron chi connectivity index (χ4n) is 2.86. The lowest BCUT2D eigenvalue weighted by Crippen LogP contribution is -2.34. The van der Waals surface area contributed by atoms with E-state index in [0.29, 0.717) is 11.1 Å². The van der Waals surface area contributed by atoms with Gasteiger partial charge in [-0.15, -0.1) is 0 Å². The number of amides is 1. The van der Waals surface area contributed by atoms with E-state index in [1.54, 1.807) is 12.1 Å². The molecule has 1 fully saturated rings. The van der Waals surface area contributed by atoms with Crippen LogP contribution in [-0.2, 0) is 0 Å². The van der Waals surface area contributed by atoms with Gasteiger partial charge in [0, 0.05) is 11.4 Å². The minimum atomic E-state index is -0.410. The highest BCUT2D eigenvalue weighted by Crippen LogP contribution is 2.20. The highest BCUT2D eigenvalue weighted by Gasteiger charge is 2.19. The Hall–Kier alpha value is -1.91. The van der Waals surface area contributed by atoms with Crippen molar-refractivity contribution in [3.8, 4) is 0 Å². The second kappa shape index (κ2) is 5.61. The average Bonchev–Trinajstić information content (AvgIpc) is 2.72. The summed E-state index contributed by atoms with van der Waals surface area (Å²) in [6, 6.07) is 4.87. The van der Waals surface area contributed by atoms with Crippen LogP contribution >= 0.6 is 0 Å². The second-order valence-corrected chi connectivity index (χ2v) is 5.40. The van der Waals surface area contributed by atoms with Crippen LogP contribution in [0.15, 0.2) is 18.2 Å². The van der Waals surface area contributed by atoms with Crippen molar-refractivity contribution >= 4 is 16.8 Å². The molecule has 1 aliphatic carbocycles. The van der Waals surface area contributed by atoms with E-state index >= 15 is 0 Å². The average molecular weight is 275 g/mol. The maximum atomic E-state index is 13.6. The predicted molar refractivity (Wildman–Crippen MR) is 75.0 cm³/mol. The predicted octanol–water partition coefficient (Wildman–Crippen LogP) is 3.15. The number of aromatic amines is 1. The lowest BCUT2D eigenvalue weighted by molar-refractivity contribution is 0.0930. The molecule has 4 nitrogen and oxygen atoms in total. The summed E-state index contributed by atoms with van der Waals surface area (Å²) in [6.45, 7) is 0. The summed E-state index contributed by atoms with van der Waals surface area (Å²) in [6.07, 6.45) is 6.83. The van der Waals surface area contributed by atoms with Crippen LogP contribution in [0.25, 0.3) is 10.9 Å². The Bertz CT molecular complexity index is 615. The molecule has 106 valence electrons. The molecule has 0 atom stereocenters. The molecule has 1 aromatic carbocycles.